The molecule has 0 saturated heterocycles. The quantitative estimate of drug-likeness (QED) is 0.710. The summed E-state index contributed by atoms with van der Waals surface area (Å²) in [6, 6.07) is 5.39. The first-order valence-corrected chi connectivity index (χ1v) is 22.7. The Balaban J connectivity index is 3.90. The van der Waals surface area contributed by atoms with Crippen molar-refractivity contribution in [2.24, 2.45) is 0 Å². The van der Waals surface area contributed by atoms with Crippen LogP contribution in [0.4, 0.5) is 0 Å². The summed E-state index contributed by atoms with van der Waals surface area (Å²) in [6.07, 6.45) is 0. The van der Waals surface area contributed by atoms with Gasteiger partial charge >= 0.3 is 0 Å². The second-order valence-corrected chi connectivity index (χ2v) is 31.1. The van der Waals surface area contributed by atoms with Crippen molar-refractivity contribution in [1.82, 2.24) is 0 Å². The minimum atomic E-state index is -1.31. The van der Waals surface area contributed by atoms with E-state index in [1.165, 1.54) is 0 Å². The Morgan fingerprint density at radius 1 is 0.364 bits per heavy atom. The summed E-state index contributed by atoms with van der Waals surface area (Å²) in [5, 5.41) is 7.02. The molecule has 0 aliphatic rings. The van der Waals surface area contributed by atoms with Crippen LogP contribution in [-0.4, -0.2) is 32.3 Å². The molecule has 0 nitrogen and oxygen atoms in total. The molecule has 0 aromatic heterocycles. The lowest BCUT2D eigenvalue weighted by atomic mass is 10.3. The maximum atomic E-state index is 2.69. The van der Waals surface area contributed by atoms with Crippen molar-refractivity contribution in [3.8, 4) is 0 Å². The summed E-state index contributed by atoms with van der Waals surface area (Å²) in [4.78, 5) is 0. The summed E-state index contributed by atoms with van der Waals surface area (Å²) in [6.45, 7) is 30.3. The summed E-state index contributed by atoms with van der Waals surface area (Å²) in [7, 11) is -5.23. The van der Waals surface area contributed by atoms with Crippen LogP contribution < -0.4 is 20.7 Å². The summed E-state index contributed by atoms with van der Waals surface area (Å²) < 4.78 is 0. The van der Waals surface area contributed by atoms with Gasteiger partial charge in [-0.25, -0.2) is 0 Å². The molecule has 0 unspecified atom stereocenters. The van der Waals surface area contributed by atoms with Crippen LogP contribution in [0.25, 0.3) is 0 Å². The molecule has 0 saturated carbocycles. The van der Waals surface area contributed by atoms with Gasteiger partial charge in [0.15, 0.2) is 0 Å². The zero-order chi connectivity index (χ0) is 17.7. The monoisotopic (exact) mass is 366 g/mol. The third kappa shape index (κ3) is 4.55. The van der Waals surface area contributed by atoms with Crippen molar-refractivity contribution >= 4 is 53.0 Å². The van der Waals surface area contributed by atoms with Gasteiger partial charge in [0.1, 0.15) is 0 Å². The van der Waals surface area contributed by atoms with Crippen LogP contribution in [-0.2, 0) is 0 Å². The van der Waals surface area contributed by atoms with E-state index in [1.54, 1.807) is 20.7 Å². The highest BCUT2D eigenvalue weighted by Gasteiger charge is 2.34. The van der Waals surface area contributed by atoms with Gasteiger partial charge in [0, 0.05) is 0 Å². The summed E-state index contributed by atoms with van der Waals surface area (Å²) in [5.74, 6) is 0. The number of hydrogen-bond donors (Lipinski definition) is 0. The third-order valence-electron chi connectivity index (χ3n) is 4.39. The first-order valence-electron chi connectivity index (χ1n) is 8.65. The standard InChI is InChI=1S/C18H38Si4/c1-19(2,3)15-13-17(21(7,8)9)18(22(10,11)12)14-16(15)20(4,5)6/h13-14H,1-12H3. The second kappa shape index (κ2) is 5.87. The van der Waals surface area contributed by atoms with Crippen LogP contribution in [0.15, 0.2) is 12.1 Å². The zero-order valence-corrected chi connectivity index (χ0v) is 21.2. The second-order valence-electron chi connectivity index (χ2n) is 10.9. The first kappa shape index (κ1) is 20.1. The molecule has 0 bridgehead atoms. The summed E-state index contributed by atoms with van der Waals surface area (Å²) >= 11 is 0. The molecule has 1 rings (SSSR count). The van der Waals surface area contributed by atoms with E-state index in [0.717, 1.165) is 0 Å². The molecule has 0 spiro atoms. The Labute approximate surface area is 143 Å². The molecule has 0 fully saturated rings. The zero-order valence-electron chi connectivity index (χ0n) is 17.2. The molecular formula is C18H38Si4. The lowest BCUT2D eigenvalue weighted by molar-refractivity contribution is 1.64. The SMILES string of the molecule is C[Si](C)(C)c1cc([Si](C)(C)C)c([Si](C)(C)C)cc1[Si](C)(C)C. The Morgan fingerprint density at radius 2 is 0.500 bits per heavy atom. The molecule has 0 N–H and O–H groups in total. The van der Waals surface area contributed by atoms with Crippen molar-refractivity contribution in [1.29, 1.82) is 0 Å². The van der Waals surface area contributed by atoms with E-state index in [-0.39, 0.29) is 0 Å². The fourth-order valence-electron chi connectivity index (χ4n) is 3.08. The van der Waals surface area contributed by atoms with E-state index in [2.05, 4.69) is 90.7 Å². The lowest BCUT2D eigenvalue weighted by Crippen LogP contribution is -2.65. The average molecular weight is 367 g/mol. The van der Waals surface area contributed by atoms with Gasteiger partial charge in [0.2, 0.25) is 0 Å². The Kier molecular flexibility index (Phi) is 5.37. The van der Waals surface area contributed by atoms with E-state index in [1.807, 2.05) is 0 Å². The normalized spacial score (nSPS) is 14.4. The molecule has 1 aromatic carbocycles. The molecule has 0 radical (unpaired) electrons. The van der Waals surface area contributed by atoms with Gasteiger partial charge in [-0.3, -0.25) is 0 Å². The molecule has 0 amide bonds. The minimum Gasteiger partial charge on any atom is -0.0656 e. The topological polar surface area (TPSA) is 0 Å². The van der Waals surface area contributed by atoms with E-state index < -0.39 is 32.3 Å². The third-order valence-corrected chi connectivity index (χ3v) is 13.0. The smallest absolute Gasteiger partial charge is 0.0656 e. The van der Waals surface area contributed by atoms with E-state index >= 15 is 0 Å². The van der Waals surface area contributed by atoms with Gasteiger partial charge in [-0.2, -0.15) is 0 Å². The Bertz CT molecular complexity index is 448. The van der Waals surface area contributed by atoms with Crippen LogP contribution in [0.3, 0.4) is 0 Å². The molecule has 1 aromatic rings. The Hall–Kier alpha value is 0.0875. The number of rotatable bonds is 4. The van der Waals surface area contributed by atoms with Crippen molar-refractivity contribution in [2.45, 2.75) is 78.6 Å². The molecule has 4 heteroatoms. The first-order chi connectivity index (χ1) is 9.45. The van der Waals surface area contributed by atoms with Crippen molar-refractivity contribution < 1.29 is 0 Å². The maximum Gasteiger partial charge on any atom is 0.0774 e. The van der Waals surface area contributed by atoms with Crippen molar-refractivity contribution in [3.63, 3.8) is 0 Å². The predicted molar refractivity (Wildman–Crippen MR) is 118 cm³/mol. The molecule has 0 aliphatic carbocycles. The number of hydrogen-bond acceptors (Lipinski definition) is 0. The fourth-order valence-corrected chi connectivity index (χ4v) is 13.7. The summed E-state index contributed by atoms with van der Waals surface area (Å²) in [5.41, 5.74) is 0. The van der Waals surface area contributed by atoms with Crippen molar-refractivity contribution in [3.05, 3.63) is 12.1 Å². The predicted octanol–water partition coefficient (Wildman–Crippen LogP) is 3.87. The minimum absolute atomic E-state index is 1.31. The van der Waals surface area contributed by atoms with Crippen LogP contribution in [0.2, 0.25) is 78.6 Å². The molecule has 0 atom stereocenters. The highest BCUT2D eigenvalue weighted by Crippen LogP contribution is 2.11. The van der Waals surface area contributed by atoms with Gasteiger partial charge in [0.25, 0.3) is 0 Å². The lowest BCUT2D eigenvalue weighted by Gasteiger charge is -2.35. The molecular weight excluding hydrogens is 329 g/mol. The van der Waals surface area contributed by atoms with Gasteiger partial charge in [0.05, 0.1) is 32.3 Å². The van der Waals surface area contributed by atoms with Crippen LogP contribution in [0.1, 0.15) is 0 Å². The van der Waals surface area contributed by atoms with Gasteiger partial charge in [-0.15, -0.1) is 0 Å². The molecule has 0 aliphatic heterocycles. The van der Waals surface area contributed by atoms with Crippen LogP contribution in [0.5, 0.6) is 0 Å². The number of benzene rings is 1. The van der Waals surface area contributed by atoms with Crippen LogP contribution >= 0.6 is 0 Å². The van der Waals surface area contributed by atoms with Crippen LogP contribution in [0, 0.1) is 0 Å². The van der Waals surface area contributed by atoms with E-state index in [9.17, 15) is 0 Å². The Morgan fingerprint density at radius 3 is 0.591 bits per heavy atom. The van der Waals surface area contributed by atoms with E-state index in [4.69, 9.17) is 0 Å². The van der Waals surface area contributed by atoms with Gasteiger partial charge < -0.3 is 0 Å². The maximum absolute atomic E-state index is 2.69. The highest BCUT2D eigenvalue weighted by atomic mass is 28.3. The fraction of sp³-hybridized carbons (Fsp3) is 0.667. The van der Waals surface area contributed by atoms with Crippen molar-refractivity contribution in [2.75, 3.05) is 0 Å². The van der Waals surface area contributed by atoms with Gasteiger partial charge in [-0.05, 0) is 0 Å². The van der Waals surface area contributed by atoms with E-state index in [0.29, 0.717) is 0 Å². The average Bonchev–Trinajstić information content (AvgIpc) is 2.22. The molecule has 0 heterocycles. The molecule has 22 heavy (non-hydrogen) atoms. The highest BCUT2D eigenvalue weighted by molar-refractivity contribution is 7.02. The largest absolute Gasteiger partial charge is 0.0774 e. The van der Waals surface area contributed by atoms with Gasteiger partial charge in [-0.1, -0.05) is 111 Å². The molecule has 126 valence electrons.